The van der Waals surface area contributed by atoms with Crippen molar-refractivity contribution in [2.24, 2.45) is 0 Å². The minimum atomic E-state index is -0.0177. The van der Waals surface area contributed by atoms with Gasteiger partial charge in [-0.25, -0.2) is 0 Å². The number of hydrogen-bond acceptors (Lipinski definition) is 2. The number of fused-ring (bicyclic) bond motifs is 1. The monoisotopic (exact) mass is 360 g/mol. The topological polar surface area (TPSA) is 32.3 Å². The summed E-state index contributed by atoms with van der Waals surface area (Å²) in [6.45, 7) is 8.98. The van der Waals surface area contributed by atoms with E-state index in [0.717, 1.165) is 49.6 Å². The van der Waals surface area contributed by atoms with E-state index in [4.69, 9.17) is 11.6 Å². The average molecular weight is 361 g/mol. The van der Waals surface area contributed by atoms with Gasteiger partial charge in [0.1, 0.15) is 0 Å². The van der Waals surface area contributed by atoms with Crippen LogP contribution in [0.25, 0.3) is 0 Å². The van der Waals surface area contributed by atoms with Crippen LogP contribution in [0.3, 0.4) is 0 Å². The van der Waals surface area contributed by atoms with E-state index in [9.17, 15) is 4.79 Å². The van der Waals surface area contributed by atoms with Gasteiger partial charge in [-0.05, 0) is 68.5 Å². The van der Waals surface area contributed by atoms with Crippen LogP contribution in [0.15, 0.2) is 41.0 Å². The summed E-state index contributed by atoms with van der Waals surface area (Å²) < 4.78 is 0. The Hall–Kier alpha value is -1.58. The molecule has 1 amide bonds. The molecule has 25 heavy (non-hydrogen) atoms. The maximum Gasteiger partial charge on any atom is 0.221 e. The number of benzene rings is 1. The van der Waals surface area contributed by atoms with Crippen molar-refractivity contribution in [1.82, 2.24) is 4.90 Å². The molecule has 1 heterocycles. The molecule has 0 aliphatic carbocycles. The molecule has 1 aliphatic heterocycles. The molecule has 0 unspecified atom stereocenters. The van der Waals surface area contributed by atoms with E-state index in [1.54, 1.807) is 6.92 Å². The molecule has 2 rings (SSSR count). The normalized spacial score (nSPS) is 15.8. The fourth-order valence-corrected chi connectivity index (χ4v) is 3.16. The summed E-state index contributed by atoms with van der Waals surface area (Å²) in [4.78, 5) is 13.7. The van der Waals surface area contributed by atoms with Gasteiger partial charge in [-0.3, -0.25) is 9.69 Å². The maximum atomic E-state index is 11.2. The number of halogens is 1. The van der Waals surface area contributed by atoms with Crippen molar-refractivity contribution in [2.45, 2.75) is 53.0 Å². The number of allylic oxidation sites excluding steroid dienone is 4. The highest BCUT2D eigenvalue weighted by Gasteiger charge is 2.16. The Morgan fingerprint density at radius 1 is 1.28 bits per heavy atom. The highest BCUT2D eigenvalue weighted by atomic mass is 35.5. The van der Waals surface area contributed by atoms with Crippen molar-refractivity contribution in [3.63, 3.8) is 0 Å². The van der Waals surface area contributed by atoms with Crippen LogP contribution in [0, 0.1) is 0 Å². The van der Waals surface area contributed by atoms with Gasteiger partial charge in [-0.1, -0.05) is 36.2 Å². The Labute approximate surface area is 156 Å². The van der Waals surface area contributed by atoms with E-state index in [2.05, 4.69) is 42.3 Å². The van der Waals surface area contributed by atoms with Gasteiger partial charge in [0.25, 0.3) is 0 Å². The zero-order chi connectivity index (χ0) is 18.2. The third kappa shape index (κ3) is 6.68. The van der Waals surface area contributed by atoms with E-state index in [1.807, 2.05) is 12.1 Å². The molecule has 0 atom stereocenters. The highest BCUT2D eigenvalue weighted by molar-refractivity contribution is 6.29. The van der Waals surface area contributed by atoms with Crippen molar-refractivity contribution in [2.75, 3.05) is 18.4 Å². The van der Waals surface area contributed by atoms with Gasteiger partial charge in [0, 0.05) is 30.7 Å². The molecule has 0 fully saturated rings. The predicted octanol–water partition coefficient (Wildman–Crippen LogP) is 5.26. The van der Waals surface area contributed by atoms with Gasteiger partial charge in [-0.2, -0.15) is 0 Å². The first kappa shape index (κ1) is 19.7. The summed E-state index contributed by atoms with van der Waals surface area (Å²) in [5, 5.41) is 3.77. The van der Waals surface area contributed by atoms with Crippen molar-refractivity contribution in [3.8, 4) is 0 Å². The third-order valence-corrected chi connectivity index (χ3v) is 4.94. The van der Waals surface area contributed by atoms with E-state index in [-0.39, 0.29) is 5.91 Å². The van der Waals surface area contributed by atoms with Crippen LogP contribution in [0.5, 0.6) is 0 Å². The Morgan fingerprint density at radius 2 is 2.08 bits per heavy atom. The van der Waals surface area contributed by atoms with E-state index in [0.29, 0.717) is 0 Å². The number of carbonyl (C=O) groups excluding carboxylic acids is 1. The van der Waals surface area contributed by atoms with Crippen molar-refractivity contribution in [1.29, 1.82) is 0 Å². The van der Waals surface area contributed by atoms with Gasteiger partial charge in [0.05, 0.1) is 0 Å². The molecule has 0 saturated heterocycles. The molecule has 3 nitrogen and oxygen atoms in total. The molecular formula is C21H29ClN2O. The van der Waals surface area contributed by atoms with E-state index >= 15 is 0 Å². The molecule has 0 saturated carbocycles. The molecule has 0 radical (unpaired) electrons. The summed E-state index contributed by atoms with van der Waals surface area (Å²) in [6.07, 6.45) is 8.37. The number of rotatable bonds is 7. The van der Waals surface area contributed by atoms with Crippen LogP contribution in [0.2, 0.25) is 0 Å². The molecule has 0 aromatic heterocycles. The molecule has 1 aromatic carbocycles. The Kier molecular flexibility index (Phi) is 7.73. The standard InChI is InChI=1S/C21H29ClN2O/c1-4-20(22)9-7-16(2)6-5-12-24-13-11-18-14-21(23-17(3)25)10-8-19(18)15-24/h7-10,14H,4-6,11-13,15H2,1-3H3,(H,23,25)/b16-7-,20-9+. The maximum absolute atomic E-state index is 11.2. The Balaban J connectivity index is 1.82. The largest absolute Gasteiger partial charge is 0.326 e. The van der Waals surface area contributed by atoms with Crippen LogP contribution < -0.4 is 5.32 Å². The first-order valence-electron chi connectivity index (χ1n) is 9.11. The third-order valence-electron chi connectivity index (χ3n) is 4.55. The number of carbonyl (C=O) groups is 1. The van der Waals surface area contributed by atoms with Gasteiger partial charge in [0.2, 0.25) is 5.91 Å². The first-order valence-corrected chi connectivity index (χ1v) is 9.49. The zero-order valence-electron chi connectivity index (χ0n) is 15.6. The van der Waals surface area contributed by atoms with E-state index < -0.39 is 0 Å². The fraction of sp³-hybridized carbons (Fsp3) is 0.476. The number of anilines is 1. The molecular weight excluding hydrogens is 332 g/mol. The van der Waals surface area contributed by atoms with Crippen molar-refractivity contribution >= 4 is 23.2 Å². The lowest BCUT2D eigenvalue weighted by molar-refractivity contribution is -0.114. The molecule has 4 heteroatoms. The number of nitrogens with one attached hydrogen (secondary N) is 1. The van der Waals surface area contributed by atoms with Crippen molar-refractivity contribution in [3.05, 3.63) is 52.1 Å². The average Bonchev–Trinajstić information content (AvgIpc) is 2.59. The molecule has 0 spiro atoms. The lowest BCUT2D eigenvalue weighted by Crippen LogP contribution is -2.31. The van der Waals surface area contributed by atoms with Crippen LogP contribution in [0.1, 0.15) is 51.2 Å². The molecule has 136 valence electrons. The zero-order valence-corrected chi connectivity index (χ0v) is 16.3. The second-order valence-corrected chi connectivity index (χ2v) is 7.26. The minimum Gasteiger partial charge on any atom is -0.326 e. The second-order valence-electron chi connectivity index (χ2n) is 6.77. The molecule has 1 aliphatic rings. The van der Waals surface area contributed by atoms with Crippen LogP contribution in [-0.2, 0) is 17.8 Å². The van der Waals surface area contributed by atoms with Gasteiger partial charge in [0.15, 0.2) is 0 Å². The van der Waals surface area contributed by atoms with E-state index in [1.165, 1.54) is 23.1 Å². The summed E-state index contributed by atoms with van der Waals surface area (Å²) in [6, 6.07) is 6.26. The number of amides is 1. The SMILES string of the molecule is CC/C(Cl)=C\C=C(\C)CCCN1CCc2cc(NC(C)=O)ccc2C1. The minimum absolute atomic E-state index is 0.0177. The highest BCUT2D eigenvalue weighted by Crippen LogP contribution is 2.23. The summed E-state index contributed by atoms with van der Waals surface area (Å²) in [5.74, 6) is -0.0177. The summed E-state index contributed by atoms with van der Waals surface area (Å²) in [7, 11) is 0. The van der Waals surface area contributed by atoms with Crippen LogP contribution >= 0.6 is 11.6 Å². The van der Waals surface area contributed by atoms with Crippen LogP contribution in [-0.4, -0.2) is 23.9 Å². The summed E-state index contributed by atoms with van der Waals surface area (Å²) >= 11 is 6.04. The van der Waals surface area contributed by atoms with Gasteiger partial charge >= 0.3 is 0 Å². The molecule has 1 N–H and O–H groups in total. The Morgan fingerprint density at radius 3 is 2.80 bits per heavy atom. The lowest BCUT2D eigenvalue weighted by atomic mass is 9.98. The number of hydrogen-bond donors (Lipinski definition) is 1. The number of nitrogens with zero attached hydrogens (tertiary/aromatic N) is 1. The first-order chi connectivity index (χ1) is 12.0. The van der Waals surface area contributed by atoms with Gasteiger partial charge < -0.3 is 5.32 Å². The fourth-order valence-electron chi connectivity index (χ4n) is 3.10. The van der Waals surface area contributed by atoms with Crippen molar-refractivity contribution < 1.29 is 4.79 Å². The smallest absolute Gasteiger partial charge is 0.221 e. The van der Waals surface area contributed by atoms with Crippen LogP contribution in [0.4, 0.5) is 5.69 Å². The quantitative estimate of drug-likeness (QED) is 0.672. The molecule has 1 aromatic rings. The lowest BCUT2D eigenvalue weighted by Gasteiger charge is -2.29. The summed E-state index contributed by atoms with van der Waals surface area (Å²) in [5.41, 5.74) is 5.02. The Bertz CT molecular complexity index is 664. The second kappa shape index (κ2) is 9.79. The molecule has 0 bridgehead atoms. The van der Waals surface area contributed by atoms with Gasteiger partial charge in [-0.15, -0.1) is 0 Å². The predicted molar refractivity (Wildman–Crippen MR) is 107 cm³/mol.